The second-order valence-electron chi connectivity index (χ2n) is 2.90. The number of hydrogen-bond acceptors (Lipinski definition) is 7. The number of carbonyl (C=O) groups excluding carboxylic acids is 1. The van der Waals surface area contributed by atoms with Crippen LogP contribution in [0, 0.1) is 17.0 Å². The van der Waals surface area contributed by atoms with Gasteiger partial charge in [0.1, 0.15) is 5.69 Å². The molecule has 0 aromatic carbocycles. The highest BCUT2D eigenvalue weighted by molar-refractivity contribution is 8.15. The van der Waals surface area contributed by atoms with Gasteiger partial charge in [0.05, 0.1) is 10.7 Å². The maximum Gasteiger partial charge on any atom is 0.348 e. The number of amides is 1. The van der Waals surface area contributed by atoms with E-state index in [1.165, 1.54) is 11.8 Å². The van der Waals surface area contributed by atoms with Gasteiger partial charge in [-0.3, -0.25) is 14.9 Å². The fourth-order valence-electron chi connectivity index (χ4n) is 1.06. The van der Waals surface area contributed by atoms with Gasteiger partial charge in [-0.2, -0.15) is 4.99 Å². The number of rotatable bonds is 2. The number of thiazole rings is 1. The number of nitrogens with zero attached hydrogens (tertiary/aromatic N) is 3. The van der Waals surface area contributed by atoms with Gasteiger partial charge >= 0.3 is 5.00 Å². The van der Waals surface area contributed by atoms with Crippen LogP contribution in [-0.2, 0) is 4.79 Å². The number of amidine groups is 1. The number of nitrogens with one attached hydrogen (secondary N) is 1. The van der Waals surface area contributed by atoms with Crippen molar-refractivity contribution >= 4 is 44.3 Å². The summed E-state index contributed by atoms with van der Waals surface area (Å²) < 4.78 is 0. The SMILES string of the molecule is Cc1nc(/N=C2/NC(=O)CS2)sc1[N+](=O)[O-]. The molecule has 1 N–H and O–H groups in total. The van der Waals surface area contributed by atoms with E-state index in [1.807, 2.05) is 0 Å². The van der Waals surface area contributed by atoms with E-state index >= 15 is 0 Å². The van der Waals surface area contributed by atoms with Gasteiger partial charge in [-0.1, -0.05) is 11.8 Å². The summed E-state index contributed by atoms with van der Waals surface area (Å²) in [5.41, 5.74) is 0.337. The van der Waals surface area contributed by atoms with Crippen molar-refractivity contribution in [3.63, 3.8) is 0 Å². The van der Waals surface area contributed by atoms with Crippen LogP contribution in [-0.4, -0.2) is 26.7 Å². The third-order valence-electron chi connectivity index (χ3n) is 1.71. The Kier molecular flexibility index (Phi) is 2.88. The normalized spacial score (nSPS) is 17.8. The molecule has 16 heavy (non-hydrogen) atoms. The van der Waals surface area contributed by atoms with Crippen LogP contribution in [0.5, 0.6) is 0 Å². The van der Waals surface area contributed by atoms with Crippen LogP contribution in [0.4, 0.5) is 10.1 Å². The molecule has 0 radical (unpaired) electrons. The van der Waals surface area contributed by atoms with Crippen LogP contribution in [0.15, 0.2) is 4.99 Å². The van der Waals surface area contributed by atoms with E-state index in [0.29, 0.717) is 16.6 Å². The monoisotopic (exact) mass is 258 g/mol. The van der Waals surface area contributed by atoms with Gasteiger partial charge < -0.3 is 5.32 Å². The molecule has 0 spiro atoms. The first-order valence-electron chi connectivity index (χ1n) is 4.19. The number of aliphatic imine (C=N–C) groups is 1. The summed E-state index contributed by atoms with van der Waals surface area (Å²) in [5.74, 6) is 0.206. The first-order valence-corrected chi connectivity index (χ1v) is 5.99. The zero-order chi connectivity index (χ0) is 11.7. The van der Waals surface area contributed by atoms with Crippen molar-refractivity contribution in [1.29, 1.82) is 0 Å². The van der Waals surface area contributed by atoms with Crippen molar-refractivity contribution in [2.45, 2.75) is 6.92 Å². The lowest BCUT2D eigenvalue weighted by molar-refractivity contribution is -0.380. The lowest BCUT2D eigenvalue weighted by Crippen LogP contribution is -2.19. The van der Waals surface area contributed by atoms with E-state index < -0.39 is 4.92 Å². The second-order valence-corrected chi connectivity index (χ2v) is 4.82. The zero-order valence-corrected chi connectivity index (χ0v) is 9.72. The van der Waals surface area contributed by atoms with Crippen molar-refractivity contribution in [3.8, 4) is 0 Å². The van der Waals surface area contributed by atoms with Gasteiger partial charge in [0, 0.05) is 0 Å². The number of nitro groups is 1. The summed E-state index contributed by atoms with van der Waals surface area (Å²) in [6.07, 6.45) is 0. The van der Waals surface area contributed by atoms with Gasteiger partial charge in [0.15, 0.2) is 5.17 Å². The summed E-state index contributed by atoms with van der Waals surface area (Å²) in [6, 6.07) is 0. The van der Waals surface area contributed by atoms with E-state index in [0.717, 1.165) is 11.3 Å². The molecule has 0 aliphatic carbocycles. The largest absolute Gasteiger partial charge is 0.348 e. The van der Waals surface area contributed by atoms with Gasteiger partial charge in [-0.05, 0) is 18.3 Å². The molecule has 2 heterocycles. The van der Waals surface area contributed by atoms with Gasteiger partial charge in [-0.25, -0.2) is 4.98 Å². The lowest BCUT2D eigenvalue weighted by Gasteiger charge is -1.90. The molecule has 1 aromatic rings. The molecular weight excluding hydrogens is 252 g/mol. The molecule has 0 atom stereocenters. The molecule has 0 unspecified atom stereocenters. The highest BCUT2D eigenvalue weighted by atomic mass is 32.2. The molecule has 0 saturated carbocycles. The molecule has 0 bridgehead atoms. The minimum atomic E-state index is -0.489. The molecule has 7 nitrogen and oxygen atoms in total. The molecule has 1 aliphatic heterocycles. The first-order chi connectivity index (χ1) is 7.56. The van der Waals surface area contributed by atoms with Crippen molar-refractivity contribution in [2.75, 3.05) is 5.75 Å². The standard InChI is InChI=1S/C7H6N4O3S2/c1-3-5(11(13)14)16-7(8-3)10-6-9-4(12)2-15-6/h2H2,1H3,(H,8,9,10,12). The maximum absolute atomic E-state index is 10.9. The Hall–Kier alpha value is -1.48. The van der Waals surface area contributed by atoms with Crippen molar-refractivity contribution in [3.05, 3.63) is 15.8 Å². The highest BCUT2D eigenvalue weighted by Crippen LogP contribution is 2.32. The van der Waals surface area contributed by atoms with E-state index in [9.17, 15) is 14.9 Å². The van der Waals surface area contributed by atoms with E-state index in [-0.39, 0.29) is 16.0 Å². The second kappa shape index (κ2) is 4.18. The van der Waals surface area contributed by atoms with E-state index in [4.69, 9.17) is 0 Å². The minimum absolute atomic E-state index is 0.0197. The molecule has 1 aromatic heterocycles. The number of thioether (sulfide) groups is 1. The predicted molar refractivity (Wildman–Crippen MR) is 61.2 cm³/mol. The third kappa shape index (κ3) is 2.19. The average molecular weight is 258 g/mol. The van der Waals surface area contributed by atoms with Crippen LogP contribution in [0.2, 0.25) is 0 Å². The Labute approximate surface area is 98.1 Å². The van der Waals surface area contributed by atoms with Gasteiger partial charge in [0.2, 0.25) is 11.0 Å². The van der Waals surface area contributed by atoms with Crippen molar-refractivity contribution in [2.24, 2.45) is 4.99 Å². The molecule has 2 rings (SSSR count). The van der Waals surface area contributed by atoms with Crippen molar-refractivity contribution < 1.29 is 9.72 Å². The summed E-state index contributed by atoms with van der Waals surface area (Å²) in [4.78, 5) is 28.9. The van der Waals surface area contributed by atoms with Crippen LogP contribution in [0.3, 0.4) is 0 Å². The molecule has 84 valence electrons. The molecule has 1 fully saturated rings. The van der Waals surface area contributed by atoms with Crippen LogP contribution in [0.25, 0.3) is 0 Å². The van der Waals surface area contributed by atoms with Crippen LogP contribution in [0.1, 0.15) is 5.69 Å². The number of aromatic nitrogens is 1. The van der Waals surface area contributed by atoms with E-state index in [2.05, 4.69) is 15.3 Å². The Morgan fingerprint density at radius 2 is 2.38 bits per heavy atom. The molecule has 1 amide bonds. The summed E-state index contributed by atoms with van der Waals surface area (Å²) in [7, 11) is 0. The molecular formula is C7H6N4O3S2. The number of aryl methyl sites for hydroxylation is 1. The molecule has 9 heteroatoms. The summed E-state index contributed by atoms with van der Waals surface area (Å²) in [5, 5.41) is 13.8. The molecule has 1 aliphatic rings. The predicted octanol–water partition coefficient (Wildman–Crippen LogP) is 1.21. The fourth-order valence-corrected chi connectivity index (χ4v) is 2.56. The van der Waals surface area contributed by atoms with Crippen LogP contribution >= 0.6 is 23.1 Å². The average Bonchev–Trinajstić information content (AvgIpc) is 2.73. The maximum atomic E-state index is 10.9. The highest BCUT2D eigenvalue weighted by Gasteiger charge is 2.20. The smallest absolute Gasteiger partial charge is 0.304 e. The lowest BCUT2D eigenvalue weighted by atomic mass is 10.5. The van der Waals surface area contributed by atoms with Crippen LogP contribution < -0.4 is 5.32 Å². The third-order valence-corrected chi connectivity index (χ3v) is 3.59. The van der Waals surface area contributed by atoms with Crippen molar-refractivity contribution in [1.82, 2.24) is 10.3 Å². The van der Waals surface area contributed by atoms with Gasteiger partial charge in [0.25, 0.3) is 0 Å². The summed E-state index contributed by atoms with van der Waals surface area (Å²) >= 11 is 2.15. The Morgan fingerprint density at radius 1 is 1.62 bits per heavy atom. The summed E-state index contributed by atoms with van der Waals surface area (Å²) in [6.45, 7) is 1.55. The Morgan fingerprint density at radius 3 is 2.88 bits per heavy atom. The number of hydrogen-bond donors (Lipinski definition) is 1. The Balaban J connectivity index is 2.25. The number of carbonyl (C=O) groups is 1. The van der Waals surface area contributed by atoms with Gasteiger partial charge in [-0.15, -0.1) is 0 Å². The minimum Gasteiger partial charge on any atom is -0.304 e. The molecule has 1 saturated heterocycles. The quantitative estimate of drug-likeness (QED) is 0.635. The Bertz CT molecular complexity index is 496. The first kappa shape index (κ1) is 11.0. The van der Waals surface area contributed by atoms with E-state index in [1.54, 1.807) is 6.92 Å². The topological polar surface area (TPSA) is 97.5 Å². The fraction of sp³-hybridized carbons (Fsp3) is 0.286. The zero-order valence-electron chi connectivity index (χ0n) is 8.09.